The van der Waals surface area contributed by atoms with E-state index in [9.17, 15) is 9.59 Å². The molecule has 0 N–H and O–H groups in total. The molecule has 0 aliphatic rings. The quantitative estimate of drug-likeness (QED) is 0.615. The van der Waals surface area contributed by atoms with Crippen LogP contribution in [0.2, 0.25) is 5.28 Å². The van der Waals surface area contributed by atoms with Gasteiger partial charge in [-0.05, 0) is 35.9 Å². The zero-order valence-electron chi connectivity index (χ0n) is 11.2. The fraction of sp³-hybridized carbons (Fsp3) is 0.154. The van der Waals surface area contributed by atoms with E-state index in [4.69, 9.17) is 11.6 Å². The van der Waals surface area contributed by atoms with Crippen molar-refractivity contribution in [2.45, 2.75) is 0 Å². The number of hydrogen-bond acceptors (Lipinski definition) is 3. The molecule has 0 amide bonds. The van der Waals surface area contributed by atoms with Gasteiger partial charge in [0.2, 0.25) is 5.28 Å². The summed E-state index contributed by atoms with van der Waals surface area (Å²) in [6, 6.07) is 7.29. The standard InChI is InChI=1S/C13H10BrClN4O2/c1-17-10-9(11(20)18(2)13(17)21)19(12(15)16-10)8-5-3-7(14)4-6-8/h3-6H,1-2H3. The van der Waals surface area contributed by atoms with E-state index in [0.717, 1.165) is 9.04 Å². The maximum atomic E-state index is 12.4. The first-order chi connectivity index (χ1) is 9.91. The molecule has 0 spiro atoms. The van der Waals surface area contributed by atoms with Crippen molar-refractivity contribution in [3.8, 4) is 5.69 Å². The second kappa shape index (κ2) is 4.85. The van der Waals surface area contributed by atoms with Crippen LogP contribution in [0.4, 0.5) is 0 Å². The van der Waals surface area contributed by atoms with E-state index in [0.29, 0.717) is 5.69 Å². The summed E-state index contributed by atoms with van der Waals surface area (Å²) in [5, 5.41) is 0.130. The fourth-order valence-electron chi connectivity index (χ4n) is 2.19. The van der Waals surface area contributed by atoms with Gasteiger partial charge in [-0.1, -0.05) is 15.9 Å². The normalized spacial score (nSPS) is 11.2. The number of nitrogens with zero attached hydrogens (tertiary/aromatic N) is 4. The highest BCUT2D eigenvalue weighted by Crippen LogP contribution is 2.22. The van der Waals surface area contributed by atoms with Crippen molar-refractivity contribution >= 4 is 38.7 Å². The predicted octanol–water partition coefficient (Wildman–Crippen LogP) is 1.84. The highest BCUT2D eigenvalue weighted by Gasteiger charge is 2.18. The first-order valence-corrected chi connectivity index (χ1v) is 7.19. The molecule has 3 rings (SSSR count). The largest absolute Gasteiger partial charge is 0.332 e. The molecule has 0 atom stereocenters. The summed E-state index contributed by atoms with van der Waals surface area (Å²) in [5.74, 6) is 0. The highest BCUT2D eigenvalue weighted by atomic mass is 79.9. The summed E-state index contributed by atoms with van der Waals surface area (Å²) in [4.78, 5) is 28.5. The minimum Gasteiger partial charge on any atom is -0.279 e. The number of benzene rings is 1. The van der Waals surface area contributed by atoms with Crippen LogP contribution in [-0.2, 0) is 14.1 Å². The van der Waals surface area contributed by atoms with Gasteiger partial charge in [0.15, 0.2) is 11.2 Å². The van der Waals surface area contributed by atoms with Crippen molar-refractivity contribution in [2.75, 3.05) is 0 Å². The molecule has 0 unspecified atom stereocenters. The Morgan fingerprint density at radius 1 is 1.10 bits per heavy atom. The van der Waals surface area contributed by atoms with Crippen molar-refractivity contribution in [2.24, 2.45) is 14.1 Å². The van der Waals surface area contributed by atoms with Gasteiger partial charge < -0.3 is 0 Å². The molecule has 2 aromatic heterocycles. The summed E-state index contributed by atoms with van der Waals surface area (Å²) >= 11 is 9.52. The summed E-state index contributed by atoms with van der Waals surface area (Å²) in [5.41, 5.74) is 0.351. The minimum absolute atomic E-state index is 0.130. The van der Waals surface area contributed by atoms with E-state index in [1.807, 2.05) is 24.3 Å². The zero-order chi connectivity index (χ0) is 15.3. The highest BCUT2D eigenvalue weighted by molar-refractivity contribution is 9.10. The van der Waals surface area contributed by atoms with E-state index in [2.05, 4.69) is 20.9 Å². The number of aryl methyl sites for hydroxylation is 1. The second-order valence-corrected chi connectivity index (χ2v) is 5.82. The number of hydrogen-bond donors (Lipinski definition) is 0. The van der Waals surface area contributed by atoms with Crippen LogP contribution in [0.5, 0.6) is 0 Å². The number of rotatable bonds is 1. The van der Waals surface area contributed by atoms with Gasteiger partial charge in [-0.15, -0.1) is 0 Å². The Balaban J connectivity index is 2.50. The Bertz CT molecular complexity index is 969. The topological polar surface area (TPSA) is 61.8 Å². The Morgan fingerprint density at radius 3 is 2.33 bits per heavy atom. The van der Waals surface area contributed by atoms with E-state index in [1.165, 1.54) is 16.2 Å². The molecule has 0 saturated heterocycles. The van der Waals surface area contributed by atoms with Gasteiger partial charge in [-0.2, -0.15) is 4.98 Å². The fourth-order valence-corrected chi connectivity index (χ4v) is 2.72. The molecule has 0 aliphatic carbocycles. The lowest BCUT2D eigenvalue weighted by atomic mass is 10.3. The van der Waals surface area contributed by atoms with E-state index < -0.39 is 11.2 Å². The lowest BCUT2D eigenvalue weighted by molar-refractivity contribution is 0.707. The van der Waals surface area contributed by atoms with Crippen molar-refractivity contribution in [1.29, 1.82) is 0 Å². The number of fused-ring (bicyclic) bond motifs is 1. The van der Waals surface area contributed by atoms with Gasteiger partial charge in [0.25, 0.3) is 5.56 Å². The molecule has 1 aromatic carbocycles. The molecular weight excluding hydrogens is 360 g/mol. The van der Waals surface area contributed by atoms with Crippen molar-refractivity contribution in [1.82, 2.24) is 18.7 Å². The Morgan fingerprint density at radius 2 is 1.71 bits per heavy atom. The summed E-state index contributed by atoms with van der Waals surface area (Å²) < 4.78 is 4.78. The molecule has 0 saturated carbocycles. The van der Waals surface area contributed by atoms with Crippen molar-refractivity contribution < 1.29 is 0 Å². The zero-order valence-corrected chi connectivity index (χ0v) is 13.5. The molecule has 0 bridgehead atoms. The van der Waals surface area contributed by atoms with Crippen LogP contribution in [0, 0.1) is 0 Å². The SMILES string of the molecule is Cn1c(=O)c2c(nc(Cl)n2-c2ccc(Br)cc2)n(C)c1=O. The molecule has 3 aromatic rings. The molecule has 2 heterocycles. The molecule has 108 valence electrons. The maximum absolute atomic E-state index is 12.4. The molecule has 21 heavy (non-hydrogen) atoms. The van der Waals surface area contributed by atoms with Crippen LogP contribution in [0.3, 0.4) is 0 Å². The monoisotopic (exact) mass is 368 g/mol. The average molecular weight is 370 g/mol. The van der Waals surface area contributed by atoms with Gasteiger partial charge in [0.05, 0.1) is 0 Å². The molecule has 6 nitrogen and oxygen atoms in total. The van der Waals surface area contributed by atoms with Gasteiger partial charge in [0.1, 0.15) is 0 Å². The van der Waals surface area contributed by atoms with Crippen LogP contribution in [-0.4, -0.2) is 18.7 Å². The van der Waals surface area contributed by atoms with Crippen LogP contribution >= 0.6 is 27.5 Å². The first-order valence-electron chi connectivity index (χ1n) is 6.01. The lowest BCUT2D eigenvalue weighted by Crippen LogP contribution is -2.37. The van der Waals surface area contributed by atoms with Gasteiger partial charge in [-0.3, -0.25) is 18.5 Å². The first kappa shape index (κ1) is 14.1. The Hall–Kier alpha value is -1.86. The summed E-state index contributed by atoms with van der Waals surface area (Å²) in [6.45, 7) is 0. The molecule has 0 aliphatic heterocycles. The van der Waals surface area contributed by atoms with Crippen LogP contribution < -0.4 is 11.2 Å². The third kappa shape index (κ3) is 2.04. The third-order valence-corrected chi connectivity index (χ3v) is 4.08. The van der Waals surface area contributed by atoms with Gasteiger partial charge in [-0.25, -0.2) is 4.79 Å². The predicted molar refractivity (Wildman–Crippen MR) is 84.3 cm³/mol. The molecule has 0 radical (unpaired) electrons. The second-order valence-electron chi connectivity index (χ2n) is 4.57. The third-order valence-electron chi connectivity index (χ3n) is 3.30. The van der Waals surface area contributed by atoms with E-state index in [1.54, 1.807) is 7.05 Å². The summed E-state index contributed by atoms with van der Waals surface area (Å²) in [7, 11) is 2.98. The minimum atomic E-state index is -0.440. The van der Waals surface area contributed by atoms with Crippen molar-refractivity contribution in [3.05, 3.63) is 54.9 Å². The lowest BCUT2D eigenvalue weighted by Gasteiger charge is -2.07. The van der Waals surface area contributed by atoms with E-state index in [-0.39, 0.29) is 16.4 Å². The maximum Gasteiger partial charge on any atom is 0.332 e. The van der Waals surface area contributed by atoms with Crippen LogP contribution in [0.25, 0.3) is 16.9 Å². The average Bonchev–Trinajstić information content (AvgIpc) is 2.81. The van der Waals surface area contributed by atoms with Gasteiger partial charge in [0, 0.05) is 24.3 Å². The van der Waals surface area contributed by atoms with Crippen LogP contribution in [0.15, 0.2) is 38.3 Å². The number of imidazole rings is 1. The Labute approximate surface area is 132 Å². The molecule has 0 fully saturated rings. The Kier molecular flexibility index (Phi) is 3.26. The smallest absolute Gasteiger partial charge is 0.279 e. The number of aromatic nitrogens is 4. The van der Waals surface area contributed by atoms with E-state index >= 15 is 0 Å². The molecular formula is C13H10BrClN4O2. The number of halogens is 2. The van der Waals surface area contributed by atoms with Gasteiger partial charge >= 0.3 is 5.69 Å². The van der Waals surface area contributed by atoms with Crippen molar-refractivity contribution in [3.63, 3.8) is 0 Å². The molecule has 8 heteroatoms. The summed E-state index contributed by atoms with van der Waals surface area (Å²) in [6.07, 6.45) is 0. The van der Waals surface area contributed by atoms with Crippen LogP contribution in [0.1, 0.15) is 0 Å².